The number of nitrogens with zero attached hydrogens (tertiary/aromatic N) is 2. The third-order valence-electron chi connectivity index (χ3n) is 4.64. The third-order valence-corrected chi connectivity index (χ3v) is 4.64. The highest BCUT2D eigenvalue weighted by molar-refractivity contribution is 6.04. The van der Waals surface area contributed by atoms with Gasteiger partial charge in [-0.3, -0.25) is 4.79 Å². The minimum Gasteiger partial charge on any atom is -0.349 e. The molecule has 4 nitrogen and oxygen atoms in total. The number of hydrogen-bond donors (Lipinski definition) is 1. The number of para-hydroxylation sites is 1. The summed E-state index contributed by atoms with van der Waals surface area (Å²) in [6.07, 6.45) is 5.47. The summed E-state index contributed by atoms with van der Waals surface area (Å²) in [5, 5.41) is 13.2. The van der Waals surface area contributed by atoms with Crippen molar-refractivity contribution < 1.29 is 9.18 Å². The molecular formula is C22H18FN3O. The van der Waals surface area contributed by atoms with Gasteiger partial charge in [-0.25, -0.2) is 4.39 Å². The minimum atomic E-state index is -0.332. The molecule has 0 aliphatic heterocycles. The van der Waals surface area contributed by atoms with E-state index in [-0.39, 0.29) is 23.3 Å². The van der Waals surface area contributed by atoms with Crippen LogP contribution in [0.4, 0.5) is 4.39 Å². The molecule has 0 saturated heterocycles. The van der Waals surface area contributed by atoms with Crippen molar-refractivity contribution in [1.29, 1.82) is 5.26 Å². The van der Waals surface area contributed by atoms with Crippen molar-refractivity contribution in [2.75, 3.05) is 0 Å². The van der Waals surface area contributed by atoms with Gasteiger partial charge in [-0.05, 0) is 42.7 Å². The van der Waals surface area contributed by atoms with Gasteiger partial charge < -0.3 is 9.88 Å². The normalized spacial score (nSPS) is 14.1. The van der Waals surface area contributed by atoms with Gasteiger partial charge in [0, 0.05) is 35.2 Å². The number of nitrogens with one attached hydrogen (secondary N) is 1. The Balaban J connectivity index is 1.72. The van der Waals surface area contributed by atoms with Gasteiger partial charge in [0.2, 0.25) is 0 Å². The monoisotopic (exact) mass is 359 g/mol. The summed E-state index contributed by atoms with van der Waals surface area (Å²) in [5.74, 6) is -0.602. The molecule has 1 heterocycles. The summed E-state index contributed by atoms with van der Waals surface area (Å²) in [7, 11) is 0. The first-order valence-electron chi connectivity index (χ1n) is 8.89. The van der Waals surface area contributed by atoms with Crippen molar-refractivity contribution >= 4 is 22.9 Å². The molecule has 1 amide bonds. The number of fused-ring (bicyclic) bond motifs is 1. The highest BCUT2D eigenvalue weighted by atomic mass is 19.1. The molecule has 0 radical (unpaired) electrons. The summed E-state index contributed by atoms with van der Waals surface area (Å²) >= 11 is 0. The predicted molar refractivity (Wildman–Crippen MR) is 102 cm³/mol. The number of carbonyl (C=O) groups is 1. The van der Waals surface area contributed by atoms with E-state index >= 15 is 0 Å². The topological polar surface area (TPSA) is 57.8 Å². The van der Waals surface area contributed by atoms with Gasteiger partial charge in [0.1, 0.15) is 17.5 Å². The maximum atomic E-state index is 13.5. The molecule has 1 aliphatic carbocycles. The van der Waals surface area contributed by atoms with Gasteiger partial charge in [-0.15, -0.1) is 0 Å². The van der Waals surface area contributed by atoms with Crippen molar-refractivity contribution in [3.05, 3.63) is 77.2 Å². The average Bonchev–Trinajstić information content (AvgIpc) is 3.41. The molecule has 0 spiro atoms. The van der Waals surface area contributed by atoms with E-state index in [0.717, 1.165) is 34.9 Å². The van der Waals surface area contributed by atoms with Gasteiger partial charge >= 0.3 is 0 Å². The predicted octanol–water partition coefficient (Wildman–Crippen LogP) is 4.01. The molecule has 0 atom stereocenters. The molecule has 1 aliphatic rings. The number of amides is 1. The quantitative estimate of drug-likeness (QED) is 0.553. The van der Waals surface area contributed by atoms with Crippen LogP contribution in [0.1, 0.15) is 24.0 Å². The molecule has 5 heteroatoms. The Morgan fingerprint density at radius 1 is 1.26 bits per heavy atom. The van der Waals surface area contributed by atoms with Gasteiger partial charge in [0.05, 0.1) is 0 Å². The molecule has 27 heavy (non-hydrogen) atoms. The van der Waals surface area contributed by atoms with E-state index in [2.05, 4.69) is 5.32 Å². The Kier molecular flexibility index (Phi) is 4.47. The fourth-order valence-electron chi connectivity index (χ4n) is 3.15. The molecule has 4 rings (SSSR count). The molecule has 1 N–H and O–H groups in total. The molecule has 0 unspecified atom stereocenters. The molecule has 3 aromatic rings. The van der Waals surface area contributed by atoms with Crippen LogP contribution in [0.3, 0.4) is 0 Å². The summed E-state index contributed by atoms with van der Waals surface area (Å²) in [4.78, 5) is 12.3. The summed E-state index contributed by atoms with van der Waals surface area (Å²) in [6.45, 7) is 0.502. The van der Waals surface area contributed by atoms with Gasteiger partial charge in [-0.2, -0.15) is 5.26 Å². The zero-order valence-corrected chi connectivity index (χ0v) is 14.7. The lowest BCUT2D eigenvalue weighted by Crippen LogP contribution is -2.26. The molecule has 1 aromatic heterocycles. The number of hydrogen-bond acceptors (Lipinski definition) is 2. The highest BCUT2D eigenvalue weighted by Gasteiger charge is 2.24. The maximum Gasteiger partial charge on any atom is 0.262 e. The van der Waals surface area contributed by atoms with E-state index in [4.69, 9.17) is 0 Å². The summed E-state index contributed by atoms with van der Waals surface area (Å²) < 4.78 is 15.5. The fraction of sp³-hybridized carbons (Fsp3) is 0.182. The fourth-order valence-corrected chi connectivity index (χ4v) is 3.15. The molecule has 134 valence electrons. The van der Waals surface area contributed by atoms with Gasteiger partial charge in [0.25, 0.3) is 5.91 Å². The third kappa shape index (κ3) is 3.75. The first-order valence-corrected chi connectivity index (χ1v) is 8.89. The second-order valence-corrected chi connectivity index (χ2v) is 6.78. The van der Waals surface area contributed by atoms with Crippen LogP contribution in [0, 0.1) is 17.1 Å². The zero-order chi connectivity index (χ0) is 18.8. The number of carbonyl (C=O) groups excluding carboxylic acids is 1. The van der Waals surface area contributed by atoms with E-state index in [9.17, 15) is 14.4 Å². The molecule has 1 fully saturated rings. The number of aromatic nitrogens is 1. The average molecular weight is 359 g/mol. The largest absolute Gasteiger partial charge is 0.349 e. The molecule has 0 bridgehead atoms. The number of benzene rings is 2. The maximum absolute atomic E-state index is 13.5. The minimum absolute atomic E-state index is 0.0931. The van der Waals surface area contributed by atoms with Crippen LogP contribution in [0.5, 0.6) is 0 Å². The van der Waals surface area contributed by atoms with E-state index in [1.807, 2.05) is 47.2 Å². The zero-order valence-electron chi connectivity index (χ0n) is 14.7. The van der Waals surface area contributed by atoms with Crippen LogP contribution in [-0.2, 0) is 11.3 Å². The van der Waals surface area contributed by atoms with Crippen LogP contribution in [-0.4, -0.2) is 16.5 Å². The van der Waals surface area contributed by atoms with Crippen molar-refractivity contribution in [3.8, 4) is 6.07 Å². The number of rotatable bonds is 5. The van der Waals surface area contributed by atoms with Gasteiger partial charge in [-0.1, -0.05) is 30.3 Å². The Labute approximate surface area is 156 Å². The van der Waals surface area contributed by atoms with Crippen LogP contribution in [0.15, 0.2) is 60.3 Å². The molecular weight excluding hydrogens is 341 g/mol. The Hall–Kier alpha value is -3.39. The first kappa shape index (κ1) is 17.0. The van der Waals surface area contributed by atoms with Gasteiger partial charge in [0.15, 0.2) is 0 Å². The Bertz CT molecular complexity index is 1090. The number of halogens is 1. The van der Waals surface area contributed by atoms with E-state index in [1.54, 1.807) is 12.1 Å². The first-order chi connectivity index (χ1) is 13.1. The molecule has 1 saturated carbocycles. The van der Waals surface area contributed by atoms with Crippen molar-refractivity contribution in [2.24, 2.45) is 0 Å². The standard InChI is InChI=1S/C22H18FN3O/c23-18-5-3-4-15(10-18)13-26-14-17(20-6-1-2-7-21(20)26)11-16(12-24)22(27)25-19-8-9-19/h1-7,10-11,14,19H,8-9,13H2,(H,25,27)/b16-11+. The Morgan fingerprint density at radius 2 is 2.07 bits per heavy atom. The van der Waals surface area contributed by atoms with Crippen LogP contribution in [0.25, 0.3) is 17.0 Å². The van der Waals surface area contributed by atoms with Crippen molar-refractivity contribution in [2.45, 2.75) is 25.4 Å². The van der Waals surface area contributed by atoms with E-state index in [1.165, 1.54) is 12.1 Å². The smallest absolute Gasteiger partial charge is 0.262 e. The van der Waals surface area contributed by atoms with Crippen LogP contribution in [0.2, 0.25) is 0 Å². The Morgan fingerprint density at radius 3 is 2.81 bits per heavy atom. The van der Waals surface area contributed by atoms with Crippen molar-refractivity contribution in [3.63, 3.8) is 0 Å². The highest BCUT2D eigenvalue weighted by Crippen LogP contribution is 2.25. The SMILES string of the molecule is N#C/C(=C\c1cn(Cc2cccc(F)c2)c2ccccc12)C(=O)NC1CC1. The van der Waals surface area contributed by atoms with Crippen LogP contribution < -0.4 is 5.32 Å². The van der Waals surface area contributed by atoms with Crippen LogP contribution >= 0.6 is 0 Å². The lowest BCUT2D eigenvalue weighted by Gasteiger charge is -2.05. The lowest BCUT2D eigenvalue weighted by atomic mass is 10.1. The summed E-state index contributed by atoms with van der Waals surface area (Å²) in [6, 6.07) is 16.5. The van der Waals surface area contributed by atoms with E-state index < -0.39 is 0 Å². The number of nitriles is 1. The lowest BCUT2D eigenvalue weighted by molar-refractivity contribution is -0.117. The summed E-state index contributed by atoms with van der Waals surface area (Å²) in [5.41, 5.74) is 2.70. The van der Waals surface area contributed by atoms with Crippen molar-refractivity contribution in [1.82, 2.24) is 9.88 Å². The molecule has 2 aromatic carbocycles. The van der Waals surface area contributed by atoms with E-state index in [0.29, 0.717) is 6.54 Å². The second-order valence-electron chi connectivity index (χ2n) is 6.78. The second kappa shape index (κ2) is 7.08.